The van der Waals surface area contributed by atoms with Crippen molar-refractivity contribution in [2.75, 3.05) is 12.0 Å². The smallest absolute Gasteiger partial charge is 0.417 e. The van der Waals surface area contributed by atoms with Crippen LogP contribution in [0, 0.1) is 10.1 Å². The van der Waals surface area contributed by atoms with Crippen LogP contribution >= 0.6 is 15.9 Å². The summed E-state index contributed by atoms with van der Waals surface area (Å²) in [6.45, 7) is 2.24. The number of rotatable bonds is 9. The van der Waals surface area contributed by atoms with Crippen LogP contribution in [0.15, 0.2) is 64.3 Å². The van der Waals surface area contributed by atoms with Gasteiger partial charge in [-0.2, -0.15) is 18.3 Å². The average Bonchev–Trinajstić information content (AvgIpc) is 2.79. The molecule has 34 heavy (non-hydrogen) atoms. The molecule has 3 aromatic rings. The van der Waals surface area contributed by atoms with E-state index in [0.29, 0.717) is 33.7 Å². The Morgan fingerprint density at radius 3 is 2.65 bits per heavy atom. The van der Waals surface area contributed by atoms with Crippen molar-refractivity contribution in [3.63, 3.8) is 0 Å². The molecule has 12 heteroatoms. The van der Waals surface area contributed by atoms with Gasteiger partial charge >= 0.3 is 6.18 Å². The molecule has 0 spiro atoms. The van der Waals surface area contributed by atoms with Gasteiger partial charge in [-0.1, -0.05) is 12.1 Å². The predicted molar refractivity (Wildman–Crippen MR) is 123 cm³/mol. The summed E-state index contributed by atoms with van der Waals surface area (Å²) < 4.78 is 49.9. The third kappa shape index (κ3) is 6.67. The van der Waals surface area contributed by atoms with E-state index in [9.17, 15) is 23.3 Å². The maximum atomic E-state index is 12.6. The van der Waals surface area contributed by atoms with Gasteiger partial charge in [0.2, 0.25) is 0 Å². The van der Waals surface area contributed by atoms with E-state index in [1.165, 1.54) is 24.4 Å². The highest BCUT2D eigenvalue weighted by Crippen LogP contribution is 2.37. The van der Waals surface area contributed by atoms with Crippen molar-refractivity contribution >= 4 is 33.6 Å². The number of nitro groups is 1. The number of alkyl halides is 3. The van der Waals surface area contributed by atoms with E-state index in [-0.39, 0.29) is 18.1 Å². The molecule has 0 aliphatic carbocycles. The first-order chi connectivity index (χ1) is 16.2. The molecule has 0 aliphatic rings. The van der Waals surface area contributed by atoms with Crippen molar-refractivity contribution in [2.24, 2.45) is 5.10 Å². The number of halogens is 4. The van der Waals surface area contributed by atoms with E-state index in [1.807, 2.05) is 0 Å². The SMILES string of the molecule is CCOc1cc(/C=N\Nc2ccc(C(F)(F)F)cn2)cc(Br)c1OCc1cccc([N+](=O)[O-])c1. The zero-order chi connectivity index (χ0) is 24.7. The quantitative estimate of drug-likeness (QED) is 0.198. The van der Waals surface area contributed by atoms with E-state index in [2.05, 4.69) is 31.4 Å². The lowest BCUT2D eigenvalue weighted by atomic mass is 10.2. The number of non-ortho nitro benzene ring substituents is 1. The van der Waals surface area contributed by atoms with E-state index >= 15 is 0 Å². The van der Waals surface area contributed by atoms with Gasteiger partial charge in [-0.05, 0) is 58.2 Å². The van der Waals surface area contributed by atoms with Crippen LogP contribution in [0.25, 0.3) is 0 Å². The van der Waals surface area contributed by atoms with Crippen LogP contribution in [-0.2, 0) is 12.8 Å². The molecule has 0 unspecified atom stereocenters. The van der Waals surface area contributed by atoms with E-state index in [1.54, 1.807) is 31.2 Å². The lowest BCUT2D eigenvalue weighted by molar-refractivity contribution is -0.384. The molecule has 2 aromatic carbocycles. The Hall–Kier alpha value is -3.67. The number of hydrogen-bond acceptors (Lipinski definition) is 7. The summed E-state index contributed by atoms with van der Waals surface area (Å²) >= 11 is 3.43. The number of nitrogens with zero attached hydrogens (tertiary/aromatic N) is 3. The molecular weight excluding hydrogens is 521 g/mol. The molecule has 0 saturated heterocycles. The van der Waals surface area contributed by atoms with Gasteiger partial charge in [0.05, 0.1) is 27.8 Å². The minimum Gasteiger partial charge on any atom is -0.490 e. The van der Waals surface area contributed by atoms with Crippen LogP contribution in [0.2, 0.25) is 0 Å². The standard InChI is InChI=1S/C22H18BrF3N4O4/c1-2-33-19-10-15(11-28-29-20-7-6-16(12-27-20)22(24,25)26)9-18(23)21(19)34-13-14-4-3-5-17(8-14)30(31)32/h3-12H,2,13H2,1H3,(H,27,29)/b28-11-. The first-order valence-corrected chi connectivity index (χ1v) is 10.6. The molecule has 3 rings (SSSR count). The van der Waals surface area contributed by atoms with Crippen molar-refractivity contribution < 1.29 is 27.6 Å². The van der Waals surface area contributed by atoms with Gasteiger partial charge in [0.25, 0.3) is 5.69 Å². The maximum Gasteiger partial charge on any atom is 0.417 e. The van der Waals surface area contributed by atoms with Crippen LogP contribution in [0.4, 0.5) is 24.7 Å². The number of pyridine rings is 1. The number of aromatic nitrogens is 1. The zero-order valence-corrected chi connectivity index (χ0v) is 19.3. The van der Waals surface area contributed by atoms with Gasteiger partial charge in [0.15, 0.2) is 11.5 Å². The van der Waals surface area contributed by atoms with Crippen molar-refractivity contribution in [2.45, 2.75) is 19.7 Å². The molecule has 0 fully saturated rings. The number of nitro benzene ring substituents is 1. The Bertz CT molecular complexity index is 1190. The van der Waals surface area contributed by atoms with Crippen molar-refractivity contribution in [1.29, 1.82) is 0 Å². The molecule has 0 amide bonds. The van der Waals surface area contributed by atoms with Crippen molar-refractivity contribution in [3.05, 3.63) is 86.0 Å². The van der Waals surface area contributed by atoms with Gasteiger partial charge in [-0.15, -0.1) is 0 Å². The van der Waals surface area contributed by atoms with Crippen molar-refractivity contribution in [1.82, 2.24) is 4.98 Å². The Morgan fingerprint density at radius 1 is 1.21 bits per heavy atom. The lowest BCUT2D eigenvalue weighted by Crippen LogP contribution is -2.05. The fraction of sp³-hybridized carbons (Fsp3) is 0.182. The van der Waals surface area contributed by atoms with E-state index in [4.69, 9.17) is 9.47 Å². The van der Waals surface area contributed by atoms with Gasteiger partial charge in [-0.3, -0.25) is 15.5 Å². The third-order valence-electron chi connectivity index (χ3n) is 4.32. The molecule has 0 aliphatic heterocycles. The van der Waals surface area contributed by atoms with Crippen LogP contribution in [0.5, 0.6) is 11.5 Å². The molecule has 8 nitrogen and oxygen atoms in total. The topological polar surface area (TPSA) is 98.9 Å². The van der Waals surface area contributed by atoms with Gasteiger partial charge in [0, 0.05) is 18.3 Å². The second-order valence-electron chi connectivity index (χ2n) is 6.78. The number of hydrogen-bond donors (Lipinski definition) is 1. The summed E-state index contributed by atoms with van der Waals surface area (Å²) in [6.07, 6.45) is -2.30. The average molecular weight is 539 g/mol. The first-order valence-electron chi connectivity index (χ1n) is 9.82. The van der Waals surface area contributed by atoms with Crippen molar-refractivity contribution in [3.8, 4) is 11.5 Å². The Labute approximate surface area is 200 Å². The highest BCUT2D eigenvalue weighted by atomic mass is 79.9. The predicted octanol–water partition coefficient (Wildman–Crippen LogP) is 6.19. The molecule has 0 saturated carbocycles. The Balaban J connectivity index is 1.72. The molecule has 0 atom stereocenters. The number of benzene rings is 2. The monoisotopic (exact) mass is 538 g/mol. The fourth-order valence-electron chi connectivity index (χ4n) is 2.78. The molecule has 0 radical (unpaired) electrons. The second kappa shape index (κ2) is 11.0. The van der Waals surface area contributed by atoms with Crippen LogP contribution in [-0.4, -0.2) is 22.7 Å². The zero-order valence-electron chi connectivity index (χ0n) is 17.7. The molecule has 178 valence electrons. The highest BCUT2D eigenvalue weighted by molar-refractivity contribution is 9.10. The van der Waals surface area contributed by atoms with E-state index in [0.717, 1.165) is 12.3 Å². The normalized spacial score (nSPS) is 11.4. The summed E-state index contributed by atoms with van der Waals surface area (Å²) in [7, 11) is 0. The third-order valence-corrected chi connectivity index (χ3v) is 4.91. The summed E-state index contributed by atoms with van der Waals surface area (Å²) in [4.78, 5) is 14.2. The molecule has 1 N–H and O–H groups in total. The lowest BCUT2D eigenvalue weighted by Gasteiger charge is -2.14. The number of hydrazone groups is 1. The Kier molecular flexibility index (Phi) is 8.05. The molecule has 0 bridgehead atoms. The minimum atomic E-state index is -4.46. The molecule has 1 aromatic heterocycles. The van der Waals surface area contributed by atoms with Crippen LogP contribution in [0.1, 0.15) is 23.6 Å². The second-order valence-corrected chi connectivity index (χ2v) is 7.63. The van der Waals surface area contributed by atoms with Gasteiger partial charge in [-0.25, -0.2) is 4.98 Å². The van der Waals surface area contributed by atoms with Crippen LogP contribution in [0.3, 0.4) is 0 Å². The Morgan fingerprint density at radius 2 is 2.00 bits per heavy atom. The highest BCUT2D eigenvalue weighted by Gasteiger charge is 2.30. The molecule has 1 heterocycles. The number of ether oxygens (including phenoxy) is 2. The first kappa shape index (κ1) is 25.0. The van der Waals surface area contributed by atoms with E-state index < -0.39 is 16.7 Å². The minimum absolute atomic E-state index is 0.0354. The number of nitrogens with one attached hydrogen (secondary N) is 1. The maximum absolute atomic E-state index is 12.6. The molecular formula is C22H18BrF3N4O4. The fourth-order valence-corrected chi connectivity index (χ4v) is 3.36. The summed E-state index contributed by atoms with van der Waals surface area (Å²) in [5, 5.41) is 15.0. The largest absolute Gasteiger partial charge is 0.490 e. The van der Waals surface area contributed by atoms with Crippen LogP contribution < -0.4 is 14.9 Å². The summed E-state index contributed by atoms with van der Waals surface area (Å²) in [5.41, 5.74) is 2.90. The summed E-state index contributed by atoms with van der Waals surface area (Å²) in [6, 6.07) is 11.6. The van der Waals surface area contributed by atoms with Gasteiger partial charge in [0.1, 0.15) is 12.4 Å². The summed E-state index contributed by atoms with van der Waals surface area (Å²) in [5.74, 6) is 0.963. The van der Waals surface area contributed by atoms with Gasteiger partial charge < -0.3 is 9.47 Å². The number of anilines is 1.